The lowest BCUT2D eigenvalue weighted by molar-refractivity contribution is -0.126. The minimum absolute atomic E-state index is 0.00670. The SMILES string of the molecule is Cn1cccc1CNC(=O)C1CCCCCC1N. The number of amides is 1. The minimum Gasteiger partial charge on any atom is -0.353 e. The summed E-state index contributed by atoms with van der Waals surface area (Å²) in [6.07, 6.45) is 7.37. The monoisotopic (exact) mass is 249 g/mol. The maximum atomic E-state index is 12.2. The van der Waals surface area contributed by atoms with Gasteiger partial charge in [0.15, 0.2) is 0 Å². The quantitative estimate of drug-likeness (QED) is 0.798. The van der Waals surface area contributed by atoms with Gasteiger partial charge in [-0.2, -0.15) is 0 Å². The maximum absolute atomic E-state index is 12.2. The van der Waals surface area contributed by atoms with Gasteiger partial charge in [-0.05, 0) is 25.0 Å². The molecule has 2 rings (SSSR count). The van der Waals surface area contributed by atoms with Crippen LogP contribution < -0.4 is 11.1 Å². The number of hydrogen-bond donors (Lipinski definition) is 2. The molecular weight excluding hydrogens is 226 g/mol. The van der Waals surface area contributed by atoms with Crippen molar-refractivity contribution in [3.63, 3.8) is 0 Å². The molecule has 0 aliphatic heterocycles. The Labute approximate surface area is 109 Å². The predicted molar refractivity (Wildman–Crippen MR) is 71.8 cm³/mol. The number of carbonyl (C=O) groups excluding carboxylic acids is 1. The number of carbonyl (C=O) groups is 1. The molecule has 0 spiro atoms. The van der Waals surface area contributed by atoms with Crippen LogP contribution in [0.5, 0.6) is 0 Å². The fourth-order valence-electron chi connectivity index (χ4n) is 2.65. The Morgan fingerprint density at radius 2 is 2.22 bits per heavy atom. The summed E-state index contributed by atoms with van der Waals surface area (Å²) in [6.45, 7) is 0.589. The lowest BCUT2D eigenvalue weighted by Gasteiger charge is -2.20. The first-order valence-electron chi connectivity index (χ1n) is 6.82. The average molecular weight is 249 g/mol. The molecule has 18 heavy (non-hydrogen) atoms. The van der Waals surface area contributed by atoms with Crippen molar-refractivity contribution in [1.82, 2.24) is 9.88 Å². The molecule has 2 unspecified atom stereocenters. The van der Waals surface area contributed by atoms with E-state index in [1.54, 1.807) is 0 Å². The lowest BCUT2D eigenvalue weighted by atomic mass is 9.94. The Balaban J connectivity index is 1.88. The zero-order valence-corrected chi connectivity index (χ0v) is 11.1. The highest BCUT2D eigenvalue weighted by atomic mass is 16.1. The van der Waals surface area contributed by atoms with Gasteiger partial charge in [0.05, 0.1) is 12.5 Å². The standard InChI is InChI=1S/C14H23N3O/c1-17-9-5-6-11(17)10-16-14(18)12-7-3-2-4-8-13(12)15/h5-6,9,12-13H,2-4,7-8,10,15H2,1H3,(H,16,18). The third kappa shape index (κ3) is 3.13. The fraction of sp³-hybridized carbons (Fsp3) is 0.643. The zero-order chi connectivity index (χ0) is 13.0. The van der Waals surface area contributed by atoms with Crippen molar-refractivity contribution in [2.24, 2.45) is 18.7 Å². The molecule has 1 aromatic rings. The van der Waals surface area contributed by atoms with E-state index in [9.17, 15) is 4.79 Å². The number of aromatic nitrogens is 1. The van der Waals surface area contributed by atoms with Crippen molar-refractivity contribution < 1.29 is 4.79 Å². The third-order valence-corrected chi connectivity index (χ3v) is 3.90. The van der Waals surface area contributed by atoms with Gasteiger partial charge in [0.25, 0.3) is 0 Å². The first kappa shape index (κ1) is 13.1. The molecule has 4 nitrogen and oxygen atoms in total. The van der Waals surface area contributed by atoms with E-state index < -0.39 is 0 Å². The summed E-state index contributed by atoms with van der Waals surface area (Å²) >= 11 is 0. The van der Waals surface area contributed by atoms with Crippen LogP contribution in [0.2, 0.25) is 0 Å². The molecule has 1 aliphatic rings. The third-order valence-electron chi connectivity index (χ3n) is 3.90. The summed E-state index contributed by atoms with van der Waals surface area (Å²) in [6, 6.07) is 4.03. The zero-order valence-electron chi connectivity index (χ0n) is 11.1. The van der Waals surface area contributed by atoms with E-state index in [1.807, 2.05) is 29.9 Å². The van der Waals surface area contributed by atoms with Crippen LogP contribution >= 0.6 is 0 Å². The maximum Gasteiger partial charge on any atom is 0.224 e. The van der Waals surface area contributed by atoms with E-state index in [1.165, 1.54) is 6.42 Å². The second kappa shape index (κ2) is 6.05. The molecule has 100 valence electrons. The van der Waals surface area contributed by atoms with Crippen LogP contribution in [-0.4, -0.2) is 16.5 Å². The van der Waals surface area contributed by atoms with E-state index >= 15 is 0 Å². The smallest absolute Gasteiger partial charge is 0.224 e. The molecule has 0 aromatic carbocycles. The Bertz CT molecular complexity index is 399. The summed E-state index contributed by atoms with van der Waals surface area (Å²) in [5, 5.41) is 3.01. The summed E-state index contributed by atoms with van der Waals surface area (Å²) in [5.74, 6) is 0.110. The largest absolute Gasteiger partial charge is 0.353 e. The van der Waals surface area contributed by atoms with E-state index in [-0.39, 0.29) is 17.9 Å². The second-order valence-electron chi connectivity index (χ2n) is 5.24. The summed E-state index contributed by atoms with van der Waals surface area (Å²) in [7, 11) is 1.98. The lowest BCUT2D eigenvalue weighted by Crippen LogP contribution is -2.41. The second-order valence-corrected chi connectivity index (χ2v) is 5.24. The van der Waals surface area contributed by atoms with Crippen LogP contribution in [0.3, 0.4) is 0 Å². The van der Waals surface area contributed by atoms with Crippen molar-refractivity contribution in [2.75, 3.05) is 0 Å². The first-order valence-corrected chi connectivity index (χ1v) is 6.82. The van der Waals surface area contributed by atoms with Crippen molar-refractivity contribution in [2.45, 2.75) is 44.7 Å². The first-order chi connectivity index (χ1) is 8.68. The number of rotatable bonds is 3. The molecule has 1 aliphatic carbocycles. The van der Waals surface area contributed by atoms with E-state index in [0.717, 1.165) is 31.4 Å². The van der Waals surface area contributed by atoms with Crippen LogP contribution in [0.4, 0.5) is 0 Å². The number of nitrogens with two attached hydrogens (primary N) is 1. The molecule has 1 saturated carbocycles. The van der Waals surface area contributed by atoms with Crippen molar-refractivity contribution in [3.05, 3.63) is 24.0 Å². The van der Waals surface area contributed by atoms with Gasteiger partial charge in [-0.25, -0.2) is 0 Å². The highest BCUT2D eigenvalue weighted by Crippen LogP contribution is 2.22. The van der Waals surface area contributed by atoms with Crippen molar-refractivity contribution in [3.8, 4) is 0 Å². The van der Waals surface area contributed by atoms with Gasteiger partial charge >= 0.3 is 0 Å². The summed E-state index contributed by atoms with van der Waals surface area (Å²) in [5.41, 5.74) is 7.21. The molecule has 0 radical (unpaired) electrons. The number of aryl methyl sites for hydroxylation is 1. The number of nitrogens with zero attached hydrogens (tertiary/aromatic N) is 1. The van der Waals surface area contributed by atoms with Gasteiger partial charge in [0, 0.05) is 25.0 Å². The molecule has 2 atom stereocenters. The van der Waals surface area contributed by atoms with Crippen LogP contribution in [0.1, 0.15) is 37.8 Å². The molecule has 0 bridgehead atoms. The Morgan fingerprint density at radius 3 is 2.94 bits per heavy atom. The Morgan fingerprint density at radius 1 is 1.44 bits per heavy atom. The Hall–Kier alpha value is -1.29. The normalized spacial score (nSPS) is 24.6. The molecular formula is C14H23N3O. The predicted octanol–water partition coefficient (Wildman–Crippen LogP) is 1.55. The Kier molecular flexibility index (Phi) is 4.42. The molecule has 1 aromatic heterocycles. The van der Waals surface area contributed by atoms with E-state index in [4.69, 9.17) is 5.73 Å². The van der Waals surface area contributed by atoms with Crippen molar-refractivity contribution in [1.29, 1.82) is 0 Å². The van der Waals surface area contributed by atoms with Gasteiger partial charge in [-0.3, -0.25) is 4.79 Å². The molecule has 0 saturated heterocycles. The highest BCUT2D eigenvalue weighted by molar-refractivity contribution is 5.79. The molecule has 1 heterocycles. The molecule has 1 amide bonds. The summed E-state index contributed by atoms with van der Waals surface area (Å²) in [4.78, 5) is 12.2. The molecule has 3 N–H and O–H groups in total. The van der Waals surface area contributed by atoms with E-state index in [2.05, 4.69) is 5.32 Å². The van der Waals surface area contributed by atoms with Crippen LogP contribution in [0.25, 0.3) is 0 Å². The van der Waals surface area contributed by atoms with E-state index in [0.29, 0.717) is 6.54 Å². The van der Waals surface area contributed by atoms with Gasteiger partial charge in [-0.1, -0.05) is 19.3 Å². The van der Waals surface area contributed by atoms with Gasteiger partial charge in [0.1, 0.15) is 0 Å². The number of nitrogens with one attached hydrogen (secondary N) is 1. The summed E-state index contributed by atoms with van der Waals surface area (Å²) < 4.78 is 2.02. The number of hydrogen-bond acceptors (Lipinski definition) is 2. The fourth-order valence-corrected chi connectivity index (χ4v) is 2.65. The van der Waals surface area contributed by atoms with Gasteiger partial charge in [0.2, 0.25) is 5.91 Å². The molecule has 1 fully saturated rings. The van der Waals surface area contributed by atoms with Crippen molar-refractivity contribution >= 4 is 5.91 Å². The van der Waals surface area contributed by atoms with Gasteiger partial charge < -0.3 is 15.6 Å². The van der Waals surface area contributed by atoms with Gasteiger partial charge in [-0.15, -0.1) is 0 Å². The minimum atomic E-state index is -0.00670. The van der Waals surface area contributed by atoms with Crippen LogP contribution in [0, 0.1) is 5.92 Å². The van der Waals surface area contributed by atoms with Crippen LogP contribution in [-0.2, 0) is 18.4 Å². The van der Waals surface area contributed by atoms with Crippen LogP contribution in [0.15, 0.2) is 18.3 Å². The average Bonchev–Trinajstić information content (AvgIpc) is 2.63. The molecule has 4 heteroatoms. The topological polar surface area (TPSA) is 60.0 Å². The highest BCUT2D eigenvalue weighted by Gasteiger charge is 2.26.